The molecule has 1 fully saturated rings. The van der Waals surface area contributed by atoms with E-state index in [1.807, 2.05) is 0 Å². The lowest BCUT2D eigenvalue weighted by molar-refractivity contribution is 0.129. The first kappa shape index (κ1) is 15.7. The third-order valence-electron chi connectivity index (χ3n) is 3.09. The number of hydrogen-bond acceptors (Lipinski definition) is 4. The van der Waals surface area contributed by atoms with Crippen LogP contribution in [0.25, 0.3) is 0 Å². The smallest absolute Gasteiger partial charge is 0.240 e. The lowest BCUT2D eigenvalue weighted by Gasteiger charge is -2.09. The van der Waals surface area contributed by atoms with Gasteiger partial charge >= 0.3 is 0 Å². The fourth-order valence-electron chi connectivity index (χ4n) is 1.69. The largest absolute Gasteiger partial charge is 0.392 e. The monoisotopic (exact) mass is 319 g/mol. The summed E-state index contributed by atoms with van der Waals surface area (Å²) >= 11 is 5.88. The van der Waals surface area contributed by atoms with Gasteiger partial charge in [0.05, 0.1) is 18.1 Å². The molecule has 112 valence electrons. The van der Waals surface area contributed by atoms with E-state index in [-0.39, 0.29) is 23.1 Å². The van der Waals surface area contributed by atoms with Gasteiger partial charge in [0.25, 0.3) is 0 Å². The highest BCUT2D eigenvalue weighted by Crippen LogP contribution is 2.28. The van der Waals surface area contributed by atoms with E-state index in [9.17, 15) is 8.42 Å². The molecule has 0 saturated heterocycles. The maximum absolute atomic E-state index is 12.0. The Morgan fingerprint density at radius 3 is 2.75 bits per heavy atom. The van der Waals surface area contributed by atoms with E-state index in [1.165, 1.54) is 31.0 Å². The van der Waals surface area contributed by atoms with Gasteiger partial charge in [0, 0.05) is 18.2 Å². The quantitative estimate of drug-likeness (QED) is 0.713. The molecule has 0 amide bonds. The zero-order valence-corrected chi connectivity index (χ0v) is 12.6. The van der Waals surface area contributed by atoms with E-state index < -0.39 is 10.0 Å². The molecule has 2 N–H and O–H groups in total. The van der Waals surface area contributed by atoms with Crippen molar-refractivity contribution in [2.75, 3.05) is 19.8 Å². The number of hydrogen-bond donors (Lipinski definition) is 2. The minimum absolute atomic E-state index is 0.0851. The van der Waals surface area contributed by atoms with Gasteiger partial charge in [-0.1, -0.05) is 17.7 Å². The lowest BCUT2D eigenvalue weighted by Crippen LogP contribution is -2.27. The van der Waals surface area contributed by atoms with Crippen molar-refractivity contribution in [1.82, 2.24) is 4.72 Å². The number of sulfonamides is 1. The first-order chi connectivity index (χ1) is 9.53. The van der Waals surface area contributed by atoms with Crippen molar-refractivity contribution in [2.45, 2.75) is 24.3 Å². The van der Waals surface area contributed by atoms with E-state index in [2.05, 4.69) is 4.72 Å². The van der Waals surface area contributed by atoms with Gasteiger partial charge in [-0.05, 0) is 36.5 Å². The summed E-state index contributed by atoms with van der Waals surface area (Å²) in [5.41, 5.74) is 0.499. The van der Waals surface area contributed by atoms with Crippen LogP contribution in [-0.2, 0) is 21.4 Å². The molecule has 0 aromatic heterocycles. The van der Waals surface area contributed by atoms with Crippen LogP contribution in [0.5, 0.6) is 0 Å². The third kappa shape index (κ3) is 4.43. The first-order valence-electron chi connectivity index (χ1n) is 6.49. The highest BCUT2D eigenvalue weighted by molar-refractivity contribution is 7.89. The summed E-state index contributed by atoms with van der Waals surface area (Å²) in [5.74, 6) is 0.663. The standard InChI is InChI=1S/C13H18ClNO4S/c14-13-7-12(4-3-11(13)8-16)20(17,18)15-5-6-19-9-10-1-2-10/h3-4,7,10,15-16H,1-2,5-6,8-9H2. The average Bonchev–Trinajstić information content (AvgIpc) is 3.22. The molecule has 0 unspecified atom stereocenters. The van der Waals surface area contributed by atoms with Gasteiger partial charge in [-0.15, -0.1) is 0 Å². The van der Waals surface area contributed by atoms with E-state index in [1.54, 1.807) is 0 Å². The predicted molar refractivity (Wildman–Crippen MR) is 76.1 cm³/mol. The van der Waals surface area contributed by atoms with Crippen LogP contribution < -0.4 is 4.72 Å². The lowest BCUT2D eigenvalue weighted by atomic mass is 10.2. The van der Waals surface area contributed by atoms with Crippen LogP contribution in [0.1, 0.15) is 18.4 Å². The number of aliphatic hydroxyl groups excluding tert-OH is 1. The zero-order valence-electron chi connectivity index (χ0n) is 11.0. The Morgan fingerprint density at radius 2 is 2.15 bits per heavy atom. The number of nitrogens with one attached hydrogen (secondary N) is 1. The van der Waals surface area contributed by atoms with Gasteiger partial charge in [-0.2, -0.15) is 0 Å². The van der Waals surface area contributed by atoms with Gasteiger partial charge in [0.1, 0.15) is 0 Å². The van der Waals surface area contributed by atoms with Crippen LogP contribution in [-0.4, -0.2) is 33.3 Å². The second-order valence-corrected chi connectivity index (χ2v) is 7.00. The van der Waals surface area contributed by atoms with E-state index >= 15 is 0 Å². The van der Waals surface area contributed by atoms with Crippen LogP contribution in [0, 0.1) is 5.92 Å². The van der Waals surface area contributed by atoms with Gasteiger partial charge < -0.3 is 9.84 Å². The zero-order chi connectivity index (χ0) is 14.6. The fraction of sp³-hybridized carbons (Fsp3) is 0.538. The van der Waals surface area contributed by atoms with Crippen molar-refractivity contribution in [3.63, 3.8) is 0 Å². The van der Waals surface area contributed by atoms with Crippen LogP contribution >= 0.6 is 11.6 Å². The molecule has 20 heavy (non-hydrogen) atoms. The summed E-state index contributed by atoms with van der Waals surface area (Å²) in [6.45, 7) is 1.08. The second kappa shape index (κ2) is 6.87. The molecule has 1 aliphatic carbocycles. The van der Waals surface area contributed by atoms with Crippen LogP contribution in [0.15, 0.2) is 23.1 Å². The Labute approximate surface area is 124 Å². The van der Waals surface area contributed by atoms with Crippen molar-refractivity contribution in [3.05, 3.63) is 28.8 Å². The highest BCUT2D eigenvalue weighted by Gasteiger charge is 2.21. The summed E-state index contributed by atoms with van der Waals surface area (Å²) in [6, 6.07) is 4.26. The molecule has 0 spiro atoms. The number of halogens is 1. The van der Waals surface area contributed by atoms with E-state index in [0.717, 1.165) is 0 Å². The minimum atomic E-state index is -3.59. The normalized spacial score (nSPS) is 15.5. The van der Waals surface area contributed by atoms with Crippen LogP contribution in [0.3, 0.4) is 0 Å². The van der Waals surface area contributed by atoms with Crippen LogP contribution in [0.4, 0.5) is 0 Å². The van der Waals surface area contributed by atoms with Gasteiger partial charge in [-0.25, -0.2) is 13.1 Å². The predicted octanol–water partition coefficient (Wildman–Crippen LogP) is 1.54. The Kier molecular flexibility index (Phi) is 5.40. The maximum atomic E-state index is 12.0. The first-order valence-corrected chi connectivity index (χ1v) is 8.36. The summed E-state index contributed by atoms with van der Waals surface area (Å²) in [6.07, 6.45) is 2.42. The highest BCUT2D eigenvalue weighted by atomic mass is 35.5. The summed E-state index contributed by atoms with van der Waals surface area (Å²) in [7, 11) is -3.59. The molecule has 1 saturated carbocycles. The topological polar surface area (TPSA) is 75.6 Å². The molecule has 7 heteroatoms. The molecular formula is C13H18ClNO4S. The second-order valence-electron chi connectivity index (χ2n) is 4.83. The van der Waals surface area contributed by atoms with Gasteiger partial charge in [0.15, 0.2) is 0 Å². The average molecular weight is 320 g/mol. The molecule has 0 atom stereocenters. The van der Waals surface area contributed by atoms with Crippen molar-refractivity contribution >= 4 is 21.6 Å². The molecule has 0 bridgehead atoms. The number of aliphatic hydroxyl groups is 1. The van der Waals surface area contributed by atoms with Gasteiger partial charge in [0.2, 0.25) is 10.0 Å². The van der Waals surface area contributed by atoms with Gasteiger partial charge in [-0.3, -0.25) is 0 Å². The van der Waals surface area contributed by atoms with E-state index in [4.69, 9.17) is 21.4 Å². The van der Waals surface area contributed by atoms with E-state index in [0.29, 0.717) is 24.7 Å². The molecule has 2 rings (SSSR count). The Hall–Kier alpha value is -0.660. The molecule has 0 aliphatic heterocycles. The fourth-order valence-corrected chi connectivity index (χ4v) is 3.03. The minimum Gasteiger partial charge on any atom is -0.392 e. The molecule has 1 aromatic carbocycles. The van der Waals surface area contributed by atoms with Crippen molar-refractivity contribution < 1.29 is 18.3 Å². The van der Waals surface area contributed by atoms with Crippen LogP contribution in [0.2, 0.25) is 5.02 Å². The number of ether oxygens (including phenoxy) is 1. The summed E-state index contributed by atoms with van der Waals surface area (Å²) < 4.78 is 31.8. The van der Waals surface area contributed by atoms with Crippen molar-refractivity contribution in [2.24, 2.45) is 5.92 Å². The number of rotatable bonds is 8. The summed E-state index contributed by atoms with van der Waals surface area (Å²) in [5, 5.41) is 9.23. The molecule has 1 aromatic rings. The molecule has 5 nitrogen and oxygen atoms in total. The molecule has 0 radical (unpaired) electrons. The molecular weight excluding hydrogens is 302 g/mol. The van der Waals surface area contributed by atoms with Crippen molar-refractivity contribution in [3.8, 4) is 0 Å². The Balaban J connectivity index is 1.86. The molecule has 0 heterocycles. The van der Waals surface area contributed by atoms with Crippen molar-refractivity contribution in [1.29, 1.82) is 0 Å². The SMILES string of the molecule is O=S(=O)(NCCOCC1CC1)c1ccc(CO)c(Cl)c1. The summed E-state index contributed by atoms with van der Waals surface area (Å²) in [4.78, 5) is 0.0851. The number of benzene rings is 1. The third-order valence-corrected chi connectivity index (χ3v) is 4.90. The maximum Gasteiger partial charge on any atom is 0.240 e. The Morgan fingerprint density at radius 1 is 1.40 bits per heavy atom. The molecule has 1 aliphatic rings. The Bertz CT molecular complexity index is 557.